The maximum atomic E-state index is 12.7. The molecule has 0 bridgehead atoms. The van der Waals surface area contributed by atoms with Crippen molar-refractivity contribution in [3.63, 3.8) is 0 Å². The lowest BCUT2D eigenvalue weighted by Gasteiger charge is -2.28. The van der Waals surface area contributed by atoms with E-state index in [2.05, 4.69) is 5.32 Å². The fourth-order valence-corrected chi connectivity index (χ4v) is 4.41. The number of nitrogens with one attached hydrogen (secondary N) is 1. The summed E-state index contributed by atoms with van der Waals surface area (Å²) in [5, 5.41) is 2.86. The van der Waals surface area contributed by atoms with Crippen molar-refractivity contribution >= 4 is 21.6 Å². The van der Waals surface area contributed by atoms with Crippen molar-refractivity contribution in [2.45, 2.75) is 46.6 Å². The van der Waals surface area contributed by atoms with Gasteiger partial charge in [0.25, 0.3) is 0 Å². The molecule has 7 heteroatoms. The molecule has 0 aromatic heterocycles. The summed E-state index contributed by atoms with van der Waals surface area (Å²) in [5.74, 6) is 0.529. The molecule has 1 amide bonds. The van der Waals surface area contributed by atoms with Gasteiger partial charge in [0, 0.05) is 6.54 Å². The summed E-state index contributed by atoms with van der Waals surface area (Å²) in [6.45, 7) is 8.55. The topological polar surface area (TPSA) is 75.7 Å². The lowest BCUT2D eigenvalue weighted by molar-refractivity contribution is -0.121. The molecule has 0 fully saturated rings. The number of rotatable bonds is 10. The van der Waals surface area contributed by atoms with E-state index in [1.807, 2.05) is 51.1 Å². The molecule has 0 aliphatic carbocycles. The fraction of sp³-hybridized carbons (Fsp3) is 0.435. The number of benzene rings is 2. The van der Waals surface area contributed by atoms with Crippen LogP contribution >= 0.6 is 0 Å². The molecule has 0 aliphatic rings. The molecule has 164 valence electrons. The quantitative estimate of drug-likeness (QED) is 0.582. The highest BCUT2D eigenvalue weighted by molar-refractivity contribution is 7.92. The molecule has 0 saturated carbocycles. The Kier molecular flexibility index (Phi) is 8.29. The number of carbonyl (C=O) groups is 1. The summed E-state index contributed by atoms with van der Waals surface area (Å²) < 4.78 is 31.4. The van der Waals surface area contributed by atoms with Gasteiger partial charge in [0.15, 0.2) is 0 Å². The average Bonchev–Trinajstić information content (AvgIpc) is 2.68. The second-order valence-electron chi connectivity index (χ2n) is 7.47. The Labute approximate surface area is 180 Å². The third kappa shape index (κ3) is 6.49. The monoisotopic (exact) mass is 432 g/mol. The molecule has 1 N–H and O–H groups in total. The van der Waals surface area contributed by atoms with E-state index in [4.69, 9.17) is 4.74 Å². The predicted octanol–water partition coefficient (Wildman–Crippen LogP) is 3.61. The van der Waals surface area contributed by atoms with Crippen LogP contribution < -0.4 is 14.4 Å². The molecule has 0 unspecified atom stereocenters. The second-order valence-corrected chi connectivity index (χ2v) is 9.33. The number of hydrogen-bond acceptors (Lipinski definition) is 4. The zero-order chi connectivity index (χ0) is 22.3. The first-order valence-corrected chi connectivity index (χ1v) is 12.0. The Morgan fingerprint density at radius 2 is 1.77 bits per heavy atom. The number of ether oxygens (including phenoxy) is 1. The minimum atomic E-state index is -3.61. The molecule has 2 aromatic carbocycles. The summed E-state index contributed by atoms with van der Waals surface area (Å²) in [6, 6.07) is 12.5. The Bertz CT molecular complexity index is 956. The first kappa shape index (κ1) is 23.7. The zero-order valence-electron chi connectivity index (χ0n) is 18.4. The van der Waals surface area contributed by atoms with Gasteiger partial charge < -0.3 is 10.1 Å². The highest BCUT2D eigenvalue weighted by atomic mass is 32.2. The van der Waals surface area contributed by atoms with Crippen LogP contribution in [0.2, 0.25) is 0 Å². The van der Waals surface area contributed by atoms with E-state index in [-0.39, 0.29) is 5.91 Å². The molecule has 30 heavy (non-hydrogen) atoms. The van der Waals surface area contributed by atoms with Crippen LogP contribution in [-0.2, 0) is 21.2 Å². The van der Waals surface area contributed by atoms with E-state index in [0.29, 0.717) is 18.8 Å². The summed E-state index contributed by atoms with van der Waals surface area (Å²) in [5.41, 5.74) is 3.70. The molecule has 2 aromatic rings. The Balaban J connectivity index is 1.96. The van der Waals surface area contributed by atoms with Crippen LogP contribution in [0.15, 0.2) is 42.5 Å². The second kappa shape index (κ2) is 10.5. The Morgan fingerprint density at radius 3 is 2.33 bits per heavy atom. The molecule has 6 nitrogen and oxygen atoms in total. The highest BCUT2D eigenvalue weighted by Crippen LogP contribution is 2.23. The van der Waals surface area contributed by atoms with E-state index in [9.17, 15) is 13.2 Å². The lowest BCUT2D eigenvalue weighted by Crippen LogP contribution is -2.48. The van der Waals surface area contributed by atoms with Crippen molar-refractivity contribution < 1.29 is 17.9 Å². The van der Waals surface area contributed by atoms with Gasteiger partial charge in [0.05, 0.1) is 18.6 Å². The number of hydrogen-bond donors (Lipinski definition) is 1. The summed E-state index contributed by atoms with van der Waals surface area (Å²) in [4.78, 5) is 12.7. The van der Waals surface area contributed by atoms with Crippen LogP contribution in [0.3, 0.4) is 0 Å². The van der Waals surface area contributed by atoms with Crippen molar-refractivity contribution in [1.29, 1.82) is 0 Å². The third-order valence-electron chi connectivity index (χ3n) is 5.01. The maximum Gasteiger partial charge on any atom is 0.243 e. The van der Waals surface area contributed by atoms with E-state index < -0.39 is 16.1 Å². The van der Waals surface area contributed by atoms with Gasteiger partial charge in [-0.15, -0.1) is 0 Å². The smallest absolute Gasteiger partial charge is 0.243 e. The SMILES string of the molecule is CCOc1ccc(CCCNC(=O)[C@@H](C)N(c2ccc(C)c(C)c2)S(C)(=O)=O)cc1. The number of sulfonamides is 1. The van der Waals surface area contributed by atoms with Crippen LogP contribution in [-0.4, -0.2) is 39.8 Å². The summed E-state index contributed by atoms with van der Waals surface area (Å²) >= 11 is 0. The molecule has 0 spiro atoms. The molecular weight excluding hydrogens is 400 g/mol. The minimum Gasteiger partial charge on any atom is -0.494 e. The third-order valence-corrected chi connectivity index (χ3v) is 6.25. The average molecular weight is 433 g/mol. The minimum absolute atomic E-state index is 0.314. The van der Waals surface area contributed by atoms with Crippen molar-refractivity contribution in [3.05, 3.63) is 59.2 Å². The number of amides is 1. The molecular formula is C23H32N2O4S. The van der Waals surface area contributed by atoms with Crippen molar-refractivity contribution in [3.8, 4) is 5.75 Å². The lowest BCUT2D eigenvalue weighted by atomic mass is 10.1. The summed E-state index contributed by atoms with van der Waals surface area (Å²) in [7, 11) is -3.61. The largest absolute Gasteiger partial charge is 0.494 e. The maximum absolute atomic E-state index is 12.7. The van der Waals surface area contributed by atoms with Gasteiger partial charge >= 0.3 is 0 Å². The Hall–Kier alpha value is -2.54. The van der Waals surface area contributed by atoms with Crippen molar-refractivity contribution in [1.82, 2.24) is 5.32 Å². The fourth-order valence-electron chi connectivity index (χ4n) is 3.24. The Morgan fingerprint density at radius 1 is 1.10 bits per heavy atom. The molecule has 2 rings (SSSR count). The van der Waals surface area contributed by atoms with Gasteiger partial charge in [0.1, 0.15) is 11.8 Å². The highest BCUT2D eigenvalue weighted by Gasteiger charge is 2.29. The molecule has 0 aliphatic heterocycles. The predicted molar refractivity (Wildman–Crippen MR) is 122 cm³/mol. The van der Waals surface area contributed by atoms with Gasteiger partial charge in [-0.1, -0.05) is 18.2 Å². The van der Waals surface area contributed by atoms with E-state index in [1.54, 1.807) is 19.1 Å². The number of aryl methyl sites for hydroxylation is 3. The van der Waals surface area contributed by atoms with Crippen LogP contribution in [0.5, 0.6) is 5.75 Å². The molecule has 0 saturated heterocycles. The number of nitrogens with zero attached hydrogens (tertiary/aromatic N) is 1. The van der Waals surface area contributed by atoms with Crippen LogP contribution in [0.4, 0.5) is 5.69 Å². The molecule has 0 radical (unpaired) electrons. The van der Waals surface area contributed by atoms with Crippen LogP contribution in [0.1, 0.15) is 37.0 Å². The van der Waals surface area contributed by atoms with E-state index >= 15 is 0 Å². The van der Waals surface area contributed by atoms with Crippen molar-refractivity contribution in [2.75, 3.05) is 23.7 Å². The van der Waals surface area contributed by atoms with Crippen LogP contribution in [0.25, 0.3) is 0 Å². The summed E-state index contributed by atoms with van der Waals surface area (Å²) in [6.07, 6.45) is 2.70. The van der Waals surface area contributed by atoms with Gasteiger partial charge in [0.2, 0.25) is 15.9 Å². The van der Waals surface area contributed by atoms with Crippen molar-refractivity contribution in [2.24, 2.45) is 0 Å². The number of carbonyl (C=O) groups excluding carboxylic acids is 1. The van der Waals surface area contributed by atoms with E-state index in [0.717, 1.165) is 41.5 Å². The molecule has 0 heterocycles. The van der Waals surface area contributed by atoms with E-state index in [1.165, 1.54) is 4.31 Å². The van der Waals surface area contributed by atoms with Gasteiger partial charge in [-0.05, 0) is 81.5 Å². The zero-order valence-corrected chi connectivity index (χ0v) is 19.3. The first-order chi connectivity index (χ1) is 14.1. The van der Waals surface area contributed by atoms with Crippen LogP contribution in [0, 0.1) is 13.8 Å². The molecule has 1 atom stereocenters. The number of anilines is 1. The van der Waals surface area contributed by atoms with Gasteiger partial charge in [-0.2, -0.15) is 0 Å². The van der Waals surface area contributed by atoms with Gasteiger partial charge in [-0.3, -0.25) is 9.10 Å². The standard InChI is InChI=1S/C23H32N2O4S/c1-6-29-22-13-10-20(11-14-22)8-7-15-24-23(26)19(4)25(30(5,27)28)21-12-9-17(2)18(3)16-21/h9-14,16,19H,6-8,15H2,1-5H3,(H,24,26)/t19-/m1/s1. The first-order valence-electron chi connectivity index (χ1n) is 10.2. The normalized spacial score (nSPS) is 12.3. The van der Waals surface area contributed by atoms with Gasteiger partial charge in [-0.25, -0.2) is 8.42 Å².